The van der Waals surface area contributed by atoms with Crippen LogP contribution in [0.2, 0.25) is 19.6 Å². The van der Waals surface area contributed by atoms with Crippen LogP contribution in [0.25, 0.3) is 11.0 Å². The summed E-state index contributed by atoms with van der Waals surface area (Å²) in [6, 6.07) is 8.21. The Morgan fingerprint density at radius 1 is 1.29 bits per heavy atom. The van der Waals surface area contributed by atoms with Crippen molar-refractivity contribution in [3.63, 3.8) is 0 Å². The van der Waals surface area contributed by atoms with Gasteiger partial charge in [-0.1, -0.05) is 31.8 Å². The van der Waals surface area contributed by atoms with E-state index in [4.69, 9.17) is 0 Å². The summed E-state index contributed by atoms with van der Waals surface area (Å²) in [4.78, 5) is 4.26. The third kappa shape index (κ3) is 1.87. The predicted molar refractivity (Wildman–Crippen MR) is 61.9 cm³/mol. The maximum Gasteiger partial charge on any atom is 0.177 e. The van der Waals surface area contributed by atoms with Crippen molar-refractivity contribution in [2.75, 3.05) is 0 Å². The molecule has 0 aliphatic rings. The van der Waals surface area contributed by atoms with Gasteiger partial charge in [0.25, 0.3) is 0 Å². The first-order valence-electron chi connectivity index (χ1n) is 4.89. The Bertz CT molecular complexity index is 440. The molecule has 3 heteroatoms. The summed E-state index contributed by atoms with van der Waals surface area (Å²) < 4.78 is 2.15. The fraction of sp³-hybridized carbons (Fsp3) is 0.364. The van der Waals surface area contributed by atoms with Crippen LogP contribution in [0.1, 0.15) is 0 Å². The highest BCUT2D eigenvalue weighted by Gasteiger charge is 2.15. The average Bonchev–Trinajstić information content (AvgIpc) is 2.47. The Labute approximate surface area is 85.6 Å². The lowest BCUT2D eigenvalue weighted by Gasteiger charge is -2.16. The Morgan fingerprint density at radius 2 is 2.00 bits per heavy atom. The third-order valence-electron chi connectivity index (χ3n) is 2.10. The van der Waals surface area contributed by atoms with Crippen molar-refractivity contribution in [1.29, 1.82) is 0 Å². The van der Waals surface area contributed by atoms with Gasteiger partial charge in [0.2, 0.25) is 0 Å². The fourth-order valence-electron chi connectivity index (χ4n) is 1.55. The quantitative estimate of drug-likeness (QED) is 0.686. The van der Waals surface area contributed by atoms with Gasteiger partial charge in [0, 0.05) is 6.17 Å². The Morgan fingerprint density at radius 3 is 2.71 bits per heavy atom. The van der Waals surface area contributed by atoms with Crippen LogP contribution < -0.4 is 0 Å². The zero-order valence-corrected chi connectivity index (χ0v) is 9.91. The summed E-state index contributed by atoms with van der Waals surface area (Å²) in [6.07, 6.45) is 4.16. The molecule has 2 aromatic rings. The summed E-state index contributed by atoms with van der Waals surface area (Å²) in [5.74, 6) is 0. The van der Waals surface area contributed by atoms with E-state index in [1.807, 2.05) is 12.1 Å². The molecular formula is C11H15N2Si. The van der Waals surface area contributed by atoms with Crippen molar-refractivity contribution >= 4 is 19.1 Å². The van der Waals surface area contributed by atoms with Crippen molar-refractivity contribution in [3.8, 4) is 0 Å². The van der Waals surface area contributed by atoms with Gasteiger partial charge in [0.05, 0.1) is 19.1 Å². The number of hydrogen-bond acceptors (Lipinski definition) is 1. The number of fused-ring (bicyclic) bond motifs is 1. The van der Waals surface area contributed by atoms with Crippen LogP contribution >= 0.6 is 0 Å². The standard InChI is InChI=1S/C11H15N2Si/c1-14(2,3)9-13-8-12-10-6-4-5-7-11(10)13/h4-7H,9H2,1-3H3. The zero-order chi connectivity index (χ0) is 10.2. The van der Waals surface area contributed by atoms with E-state index < -0.39 is 8.07 Å². The molecule has 1 aromatic carbocycles. The average molecular weight is 203 g/mol. The van der Waals surface area contributed by atoms with Crippen molar-refractivity contribution in [3.05, 3.63) is 30.6 Å². The lowest BCUT2D eigenvalue weighted by molar-refractivity contribution is 0.872. The second-order valence-electron chi connectivity index (χ2n) is 4.85. The molecule has 14 heavy (non-hydrogen) atoms. The van der Waals surface area contributed by atoms with Crippen LogP contribution in [-0.2, 0) is 6.17 Å². The molecule has 73 valence electrons. The van der Waals surface area contributed by atoms with Gasteiger partial charge in [-0.25, -0.2) is 4.98 Å². The highest BCUT2D eigenvalue weighted by molar-refractivity contribution is 6.75. The van der Waals surface area contributed by atoms with E-state index >= 15 is 0 Å². The number of nitrogens with zero attached hydrogens (tertiary/aromatic N) is 2. The summed E-state index contributed by atoms with van der Waals surface area (Å²) in [7, 11) is -1.09. The van der Waals surface area contributed by atoms with Gasteiger partial charge in [0.15, 0.2) is 6.33 Å². The van der Waals surface area contributed by atoms with E-state index in [1.165, 1.54) is 5.52 Å². The van der Waals surface area contributed by atoms with E-state index in [9.17, 15) is 0 Å². The smallest absolute Gasteiger partial charge is 0.177 e. The minimum atomic E-state index is -1.09. The van der Waals surface area contributed by atoms with E-state index in [2.05, 4.69) is 47.7 Å². The van der Waals surface area contributed by atoms with Crippen molar-refractivity contribution < 1.29 is 0 Å². The second kappa shape index (κ2) is 3.24. The number of rotatable bonds is 2. The maximum atomic E-state index is 4.26. The van der Waals surface area contributed by atoms with Gasteiger partial charge < -0.3 is 4.57 Å². The first kappa shape index (κ1) is 9.46. The lowest BCUT2D eigenvalue weighted by Crippen LogP contribution is -2.27. The lowest BCUT2D eigenvalue weighted by atomic mass is 10.3. The molecule has 0 amide bonds. The van der Waals surface area contributed by atoms with E-state index in [0.717, 1.165) is 11.7 Å². The molecule has 0 unspecified atom stereocenters. The van der Waals surface area contributed by atoms with Crippen LogP contribution in [0.4, 0.5) is 0 Å². The first-order valence-corrected chi connectivity index (χ1v) is 8.60. The molecule has 0 bridgehead atoms. The number of benzene rings is 1. The molecule has 1 heterocycles. The first-order chi connectivity index (χ1) is 6.56. The van der Waals surface area contributed by atoms with Crippen LogP contribution in [0.15, 0.2) is 24.3 Å². The normalized spacial score (nSPS) is 12.2. The Balaban J connectivity index is 2.44. The summed E-state index contributed by atoms with van der Waals surface area (Å²) in [5.41, 5.74) is 2.25. The van der Waals surface area contributed by atoms with Crippen LogP contribution in [0.5, 0.6) is 0 Å². The van der Waals surface area contributed by atoms with E-state index in [1.54, 1.807) is 0 Å². The van der Waals surface area contributed by atoms with Crippen LogP contribution in [0.3, 0.4) is 0 Å². The molecule has 0 aliphatic carbocycles. The summed E-state index contributed by atoms with van der Waals surface area (Å²) in [6.45, 7) is 7.07. The van der Waals surface area contributed by atoms with Gasteiger partial charge in [0.1, 0.15) is 0 Å². The summed E-state index contributed by atoms with van der Waals surface area (Å²) >= 11 is 0. The van der Waals surface area contributed by atoms with E-state index in [0.29, 0.717) is 0 Å². The second-order valence-corrected chi connectivity index (χ2v) is 10.3. The minimum Gasteiger partial charge on any atom is -0.324 e. The molecule has 0 atom stereocenters. The molecule has 0 N–H and O–H groups in total. The van der Waals surface area contributed by atoms with Crippen LogP contribution in [-0.4, -0.2) is 17.6 Å². The van der Waals surface area contributed by atoms with Gasteiger partial charge in [-0.3, -0.25) is 0 Å². The van der Waals surface area contributed by atoms with Crippen molar-refractivity contribution in [2.24, 2.45) is 0 Å². The third-order valence-corrected chi connectivity index (χ3v) is 3.36. The molecule has 2 nitrogen and oxygen atoms in total. The van der Waals surface area contributed by atoms with Gasteiger partial charge in [-0.05, 0) is 12.1 Å². The van der Waals surface area contributed by atoms with Gasteiger partial charge in [-0.15, -0.1) is 0 Å². The molecular weight excluding hydrogens is 188 g/mol. The highest BCUT2D eigenvalue weighted by atomic mass is 28.3. The molecule has 0 spiro atoms. The topological polar surface area (TPSA) is 17.8 Å². The maximum absolute atomic E-state index is 4.26. The highest BCUT2D eigenvalue weighted by Crippen LogP contribution is 2.14. The fourth-order valence-corrected chi connectivity index (χ4v) is 2.74. The van der Waals surface area contributed by atoms with Gasteiger partial charge in [-0.2, -0.15) is 0 Å². The van der Waals surface area contributed by atoms with E-state index in [-0.39, 0.29) is 0 Å². The molecule has 0 fully saturated rings. The van der Waals surface area contributed by atoms with Crippen molar-refractivity contribution in [2.45, 2.75) is 25.8 Å². The van der Waals surface area contributed by atoms with Gasteiger partial charge >= 0.3 is 0 Å². The molecule has 1 aromatic heterocycles. The number of aromatic nitrogens is 2. The Hall–Kier alpha value is -1.09. The monoisotopic (exact) mass is 203 g/mol. The predicted octanol–water partition coefficient (Wildman–Crippen LogP) is 2.71. The number of para-hydroxylation sites is 2. The molecule has 0 saturated heterocycles. The summed E-state index contributed by atoms with van der Waals surface area (Å²) in [5, 5.41) is 0. The van der Waals surface area contributed by atoms with Crippen molar-refractivity contribution in [1.82, 2.24) is 9.55 Å². The minimum absolute atomic E-state index is 1.05. The molecule has 0 saturated carbocycles. The zero-order valence-electron chi connectivity index (χ0n) is 8.91. The molecule has 0 aliphatic heterocycles. The number of hydrogen-bond donors (Lipinski definition) is 0. The largest absolute Gasteiger partial charge is 0.324 e. The molecule has 2 rings (SSSR count). The molecule has 1 radical (unpaired) electrons. The van der Waals surface area contributed by atoms with Crippen LogP contribution in [0, 0.1) is 6.33 Å². The Kier molecular flexibility index (Phi) is 2.19. The SMILES string of the molecule is C[Si](C)(C)Cn1[c]nc2ccccc21. The number of imidazole rings is 1.